The van der Waals surface area contributed by atoms with Crippen LogP contribution in [0.3, 0.4) is 0 Å². The normalized spacial score (nSPS) is 36.0. The molecule has 3 saturated carbocycles. The molecule has 0 N–H and O–H groups in total. The number of fused-ring (bicyclic) bond motifs is 1. The number of rotatable bonds is 12. The van der Waals surface area contributed by atoms with Gasteiger partial charge in [-0.15, -0.1) is 0 Å². The molecule has 31 heavy (non-hydrogen) atoms. The molecule has 0 aromatic carbocycles. The maximum atomic E-state index is 10.2. The van der Waals surface area contributed by atoms with Gasteiger partial charge in [0.25, 0.3) is 0 Å². The Balaban J connectivity index is 1.39. The molecule has 0 aliphatic heterocycles. The van der Waals surface area contributed by atoms with Crippen molar-refractivity contribution in [2.45, 2.75) is 149 Å². The summed E-state index contributed by atoms with van der Waals surface area (Å²) in [4.78, 5) is 0. The Morgan fingerprint density at radius 2 is 1.29 bits per heavy atom. The average molecular weight is 428 g/mol. The van der Waals surface area contributed by atoms with E-state index in [0.717, 1.165) is 29.6 Å². The smallest absolute Gasteiger partial charge is 0.0692 e. The number of unbranched alkanes of at least 4 members (excludes halogenated alkanes) is 7. The van der Waals surface area contributed by atoms with Crippen LogP contribution in [0.1, 0.15) is 149 Å². The van der Waals surface area contributed by atoms with Crippen molar-refractivity contribution >= 4 is 0 Å². The van der Waals surface area contributed by atoms with Gasteiger partial charge in [0.1, 0.15) is 0 Å². The second kappa shape index (κ2) is 13.3. The first-order valence-corrected chi connectivity index (χ1v) is 14.6. The third-order valence-electron chi connectivity index (χ3n) is 9.87. The van der Waals surface area contributed by atoms with Crippen LogP contribution in [0, 0.1) is 46.3 Å². The molecule has 3 rings (SSSR count). The van der Waals surface area contributed by atoms with Gasteiger partial charge in [0.15, 0.2) is 0 Å². The van der Waals surface area contributed by atoms with Gasteiger partial charge < -0.3 is 0 Å². The second-order valence-corrected chi connectivity index (χ2v) is 12.0. The van der Waals surface area contributed by atoms with Crippen molar-refractivity contribution in [1.29, 1.82) is 5.26 Å². The topological polar surface area (TPSA) is 23.8 Å². The zero-order valence-corrected chi connectivity index (χ0v) is 21.2. The van der Waals surface area contributed by atoms with Crippen LogP contribution >= 0.6 is 0 Å². The van der Waals surface area contributed by atoms with Gasteiger partial charge in [-0.25, -0.2) is 0 Å². The van der Waals surface area contributed by atoms with Gasteiger partial charge in [-0.3, -0.25) is 0 Å². The van der Waals surface area contributed by atoms with E-state index in [9.17, 15) is 5.26 Å². The quantitative estimate of drug-likeness (QED) is 0.284. The van der Waals surface area contributed by atoms with Crippen LogP contribution in [0.15, 0.2) is 0 Å². The van der Waals surface area contributed by atoms with Gasteiger partial charge in [-0.1, -0.05) is 104 Å². The van der Waals surface area contributed by atoms with E-state index in [1.807, 2.05) is 0 Å². The highest BCUT2D eigenvalue weighted by atomic mass is 14.5. The van der Waals surface area contributed by atoms with Crippen molar-refractivity contribution in [3.63, 3.8) is 0 Å². The van der Waals surface area contributed by atoms with E-state index in [-0.39, 0.29) is 5.41 Å². The maximum Gasteiger partial charge on any atom is 0.0692 e. The van der Waals surface area contributed by atoms with Crippen LogP contribution in [0.25, 0.3) is 0 Å². The summed E-state index contributed by atoms with van der Waals surface area (Å²) >= 11 is 0. The highest BCUT2D eigenvalue weighted by Crippen LogP contribution is 2.56. The van der Waals surface area contributed by atoms with Gasteiger partial charge in [0.2, 0.25) is 0 Å². The molecule has 0 aromatic rings. The van der Waals surface area contributed by atoms with Gasteiger partial charge in [-0.05, 0) is 74.5 Å². The van der Waals surface area contributed by atoms with Gasteiger partial charge >= 0.3 is 0 Å². The summed E-state index contributed by atoms with van der Waals surface area (Å²) in [5.41, 5.74) is 0.0554. The molecule has 0 bridgehead atoms. The minimum atomic E-state index is 0.0554. The molecule has 3 aliphatic rings. The molecular weight excluding hydrogens is 374 g/mol. The van der Waals surface area contributed by atoms with E-state index in [2.05, 4.69) is 19.9 Å². The summed E-state index contributed by atoms with van der Waals surface area (Å²) in [7, 11) is 0. The lowest BCUT2D eigenvalue weighted by molar-refractivity contribution is 0.0146. The molecule has 0 heterocycles. The molecule has 1 heteroatoms. The highest BCUT2D eigenvalue weighted by molar-refractivity contribution is 5.09. The summed E-state index contributed by atoms with van der Waals surface area (Å²) in [5.74, 6) is 4.53. The summed E-state index contributed by atoms with van der Waals surface area (Å²) in [6.45, 7) is 4.61. The van der Waals surface area contributed by atoms with Crippen molar-refractivity contribution in [3.05, 3.63) is 0 Å². The van der Waals surface area contributed by atoms with Crippen LogP contribution in [0.2, 0.25) is 0 Å². The maximum absolute atomic E-state index is 10.2. The Hall–Kier alpha value is -0.510. The molecule has 0 amide bonds. The second-order valence-electron chi connectivity index (χ2n) is 12.0. The lowest BCUT2D eigenvalue weighted by Crippen LogP contribution is -2.42. The zero-order chi connectivity index (χ0) is 21.9. The molecule has 3 fully saturated rings. The Kier molecular flexibility index (Phi) is 10.7. The first-order valence-electron chi connectivity index (χ1n) is 14.6. The lowest BCUT2D eigenvalue weighted by Gasteiger charge is -2.50. The molecule has 0 saturated heterocycles. The first-order chi connectivity index (χ1) is 15.2. The molecule has 0 aromatic heterocycles. The van der Waals surface area contributed by atoms with E-state index in [0.29, 0.717) is 0 Å². The zero-order valence-electron chi connectivity index (χ0n) is 21.2. The standard InChI is InChI=1S/C30H53N/c1-3-5-7-9-11-12-25-14-17-27(18-15-25)28-20-21-30(24-31)23-26(13-10-8-6-4-2)16-19-29(30)22-28/h25-29H,3-23H2,1-2H3. The van der Waals surface area contributed by atoms with Crippen LogP contribution in [-0.2, 0) is 0 Å². The average Bonchev–Trinajstić information content (AvgIpc) is 2.81. The SMILES string of the molecule is CCCCCCCC1CCC(C2CCC3(C#N)CC(CCCCCC)CCC3C2)CC1. The summed E-state index contributed by atoms with van der Waals surface area (Å²) in [6.07, 6.45) is 29.6. The predicted octanol–water partition coefficient (Wildman–Crippen LogP) is 9.85. The van der Waals surface area contributed by atoms with Crippen molar-refractivity contribution < 1.29 is 0 Å². The van der Waals surface area contributed by atoms with Crippen molar-refractivity contribution in [1.82, 2.24) is 0 Å². The molecule has 4 unspecified atom stereocenters. The Morgan fingerprint density at radius 3 is 1.97 bits per heavy atom. The lowest BCUT2D eigenvalue weighted by atomic mass is 9.53. The van der Waals surface area contributed by atoms with Crippen molar-refractivity contribution in [2.24, 2.45) is 35.0 Å². The van der Waals surface area contributed by atoms with Gasteiger partial charge in [0.05, 0.1) is 11.5 Å². The molecule has 4 atom stereocenters. The van der Waals surface area contributed by atoms with Crippen LogP contribution in [0.5, 0.6) is 0 Å². The third-order valence-corrected chi connectivity index (χ3v) is 9.87. The molecule has 178 valence electrons. The minimum Gasteiger partial charge on any atom is -0.198 e. The van der Waals surface area contributed by atoms with Crippen LogP contribution in [-0.4, -0.2) is 0 Å². The van der Waals surface area contributed by atoms with Crippen molar-refractivity contribution in [2.75, 3.05) is 0 Å². The fraction of sp³-hybridized carbons (Fsp3) is 0.967. The van der Waals surface area contributed by atoms with E-state index < -0.39 is 0 Å². The Bertz CT molecular complexity index is 525. The van der Waals surface area contributed by atoms with Gasteiger partial charge in [-0.2, -0.15) is 5.26 Å². The first kappa shape index (κ1) is 25.1. The van der Waals surface area contributed by atoms with E-state index in [1.54, 1.807) is 0 Å². The molecule has 1 nitrogen and oxygen atoms in total. The van der Waals surface area contributed by atoms with Crippen LogP contribution < -0.4 is 0 Å². The summed E-state index contributed by atoms with van der Waals surface area (Å²) in [5, 5.41) is 10.2. The van der Waals surface area contributed by atoms with Gasteiger partial charge in [0, 0.05) is 0 Å². The monoisotopic (exact) mass is 427 g/mol. The van der Waals surface area contributed by atoms with Crippen LogP contribution in [0.4, 0.5) is 0 Å². The number of nitrogens with zero attached hydrogens (tertiary/aromatic N) is 1. The Labute approximate surface area is 195 Å². The van der Waals surface area contributed by atoms with E-state index in [4.69, 9.17) is 0 Å². The summed E-state index contributed by atoms with van der Waals surface area (Å²) in [6, 6.07) is 2.92. The fourth-order valence-electron chi connectivity index (χ4n) is 7.78. The molecular formula is C30H53N. The van der Waals surface area contributed by atoms with E-state index in [1.165, 1.54) is 135 Å². The summed E-state index contributed by atoms with van der Waals surface area (Å²) < 4.78 is 0. The van der Waals surface area contributed by atoms with Crippen molar-refractivity contribution in [3.8, 4) is 6.07 Å². The number of hydrogen-bond acceptors (Lipinski definition) is 1. The Morgan fingerprint density at radius 1 is 0.677 bits per heavy atom. The molecule has 0 radical (unpaired) electrons. The number of hydrogen-bond donors (Lipinski definition) is 0. The molecule has 0 spiro atoms. The highest BCUT2D eigenvalue weighted by Gasteiger charge is 2.48. The predicted molar refractivity (Wildman–Crippen MR) is 134 cm³/mol. The largest absolute Gasteiger partial charge is 0.198 e. The minimum absolute atomic E-state index is 0.0554. The number of nitriles is 1. The van der Waals surface area contributed by atoms with E-state index >= 15 is 0 Å². The third kappa shape index (κ3) is 7.24. The molecule has 3 aliphatic carbocycles. The fourth-order valence-corrected chi connectivity index (χ4v) is 7.78.